The molecule has 1 fully saturated rings. The van der Waals surface area contributed by atoms with E-state index in [2.05, 4.69) is 10.3 Å². The summed E-state index contributed by atoms with van der Waals surface area (Å²) in [6.45, 7) is 1.93. The molecular weight excluding hydrogens is 224 g/mol. The van der Waals surface area contributed by atoms with Crippen molar-refractivity contribution < 1.29 is 9.90 Å². The molecule has 0 spiro atoms. The summed E-state index contributed by atoms with van der Waals surface area (Å²) in [7, 11) is 0. The number of aromatic nitrogens is 1. The van der Waals surface area contributed by atoms with Crippen molar-refractivity contribution in [3.63, 3.8) is 0 Å². The molecule has 5 heteroatoms. The molecule has 1 aliphatic rings. The van der Waals surface area contributed by atoms with Crippen molar-refractivity contribution in [2.75, 3.05) is 5.32 Å². The van der Waals surface area contributed by atoms with Gasteiger partial charge in [0.1, 0.15) is 0 Å². The number of anilines is 1. The van der Waals surface area contributed by atoms with Gasteiger partial charge in [0.25, 0.3) is 0 Å². The average Bonchev–Trinajstić information content (AvgIpc) is 2.78. The van der Waals surface area contributed by atoms with Crippen LogP contribution < -0.4 is 5.32 Å². The number of carboxylic acid groups (broad SMARTS) is 1. The first-order valence-corrected chi connectivity index (χ1v) is 6.41. The fraction of sp³-hybridized carbons (Fsp3) is 0.636. The molecule has 0 aliphatic heterocycles. The smallest absolute Gasteiger partial charge is 0.309 e. The number of aliphatic carboxylic acids is 1. The minimum atomic E-state index is -0.819. The van der Waals surface area contributed by atoms with Crippen LogP contribution in [-0.4, -0.2) is 22.1 Å². The molecule has 0 amide bonds. The van der Waals surface area contributed by atoms with Gasteiger partial charge in [-0.05, 0) is 19.8 Å². The van der Waals surface area contributed by atoms with Gasteiger partial charge in [0.05, 0.1) is 12.1 Å². The first kappa shape index (κ1) is 11.4. The fourth-order valence-corrected chi connectivity index (χ4v) is 2.95. The third-order valence-electron chi connectivity index (χ3n) is 2.89. The first-order valence-electron chi connectivity index (χ1n) is 5.60. The van der Waals surface area contributed by atoms with E-state index in [1.54, 1.807) is 11.3 Å². The molecule has 16 heavy (non-hydrogen) atoms. The molecule has 0 bridgehead atoms. The Bertz CT molecular complexity index is 383. The van der Waals surface area contributed by atoms with E-state index in [1.807, 2.05) is 6.92 Å². The molecule has 0 aromatic carbocycles. The van der Waals surface area contributed by atoms with E-state index < -0.39 is 5.97 Å². The van der Waals surface area contributed by atoms with Crippen molar-refractivity contribution in [3.8, 4) is 0 Å². The Labute approximate surface area is 98.7 Å². The second-order valence-electron chi connectivity index (χ2n) is 4.22. The second-order valence-corrected chi connectivity index (χ2v) is 5.42. The number of aryl methyl sites for hydroxylation is 1. The molecule has 4 nitrogen and oxygen atoms in total. The predicted molar refractivity (Wildman–Crippen MR) is 64.1 cm³/mol. The summed E-state index contributed by atoms with van der Waals surface area (Å²) in [4.78, 5) is 16.0. The van der Waals surface area contributed by atoms with Crippen LogP contribution in [0.5, 0.6) is 0 Å². The summed E-state index contributed by atoms with van der Waals surface area (Å²) < 4.78 is 0. The van der Waals surface area contributed by atoms with Gasteiger partial charge in [-0.1, -0.05) is 12.8 Å². The molecule has 1 heterocycles. The normalized spacial score (nSPS) is 16.6. The van der Waals surface area contributed by atoms with Crippen molar-refractivity contribution in [2.45, 2.75) is 45.1 Å². The molecule has 0 unspecified atom stereocenters. The zero-order chi connectivity index (χ0) is 11.5. The van der Waals surface area contributed by atoms with Crippen LogP contribution in [0.25, 0.3) is 0 Å². The van der Waals surface area contributed by atoms with E-state index >= 15 is 0 Å². The van der Waals surface area contributed by atoms with E-state index in [0.717, 1.165) is 10.0 Å². The lowest BCUT2D eigenvalue weighted by atomic mass is 10.2. The molecule has 2 N–H and O–H groups in total. The number of hydrogen-bond acceptors (Lipinski definition) is 4. The largest absolute Gasteiger partial charge is 0.481 e. The third kappa shape index (κ3) is 2.72. The summed E-state index contributed by atoms with van der Waals surface area (Å²) in [5, 5.41) is 13.0. The van der Waals surface area contributed by atoms with Gasteiger partial charge in [0, 0.05) is 10.9 Å². The number of nitrogens with one attached hydrogen (secondary N) is 1. The standard InChI is InChI=1S/C11H16N2O2S/c1-7-9(6-10(14)15)13-11(16-7)12-8-4-2-3-5-8/h8H,2-6H2,1H3,(H,12,13)(H,14,15). The quantitative estimate of drug-likeness (QED) is 0.848. The van der Waals surface area contributed by atoms with Crippen LogP contribution in [0.15, 0.2) is 0 Å². The van der Waals surface area contributed by atoms with Crippen LogP contribution in [0.3, 0.4) is 0 Å². The van der Waals surface area contributed by atoms with Gasteiger partial charge in [-0.15, -0.1) is 11.3 Å². The number of carboxylic acids is 1. The van der Waals surface area contributed by atoms with Gasteiger partial charge >= 0.3 is 5.97 Å². The lowest BCUT2D eigenvalue weighted by molar-refractivity contribution is -0.136. The van der Waals surface area contributed by atoms with Gasteiger partial charge in [0.2, 0.25) is 0 Å². The van der Waals surface area contributed by atoms with Crippen molar-refractivity contribution in [2.24, 2.45) is 0 Å². The van der Waals surface area contributed by atoms with E-state index in [9.17, 15) is 4.79 Å². The molecule has 1 aliphatic carbocycles. The molecule has 1 saturated carbocycles. The van der Waals surface area contributed by atoms with Crippen LogP contribution in [0.1, 0.15) is 36.3 Å². The summed E-state index contributed by atoms with van der Waals surface area (Å²) in [5.41, 5.74) is 0.693. The molecular formula is C11H16N2O2S. The number of carbonyl (C=O) groups is 1. The molecule has 1 aromatic heterocycles. The molecule has 0 radical (unpaired) electrons. The molecule has 1 aromatic rings. The SMILES string of the molecule is Cc1sc(NC2CCCC2)nc1CC(=O)O. The summed E-state index contributed by atoms with van der Waals surface area (Å²) in [6.07, 6.45) is 4.99. The number of thiazole rings is 1. The van der Waals surface area contributed by atoms with Crippen LogP contribution in [-0.2, 0) is 11.2 Å². The Morgan fingerprint density at radius 2 is 2.25 bits per heavy atom. The maximum absolute atomic E-state index is 10.6. The average molecular weight is 240 g/mol. The van der Waals surface area contributed by atoms with Crippen molar-refractivity contribution >= 4 is 22.4 Å². The molecule has 2 rings (SSSR count). The third-order valence-corrected chi connectivity index (χ3v) is 3.84. The van der Waals surface area contributed by atoms with Crippen molar-refractivity contribution in [1.82, 2.24) is 4.98 Å². The zero-order valence-corrected chi connectivity index (χ0v) is 10.1. The number of rotatable bonds is 4. The van der Waals surface area contributed by atoms with E-state index in [0.29, 0.717) is 11.7 Å². The maximum Gasteiger partial charge on any atom is 0.309 e. The van der Waals surface area contributed by atoms with Gasteiger partial charge in [-0.3, -0.25) is 4.79 Å². The Hall–Kier alpha value is -1.10. The highest BCUT2D eigenvalue weighted by Gasteiger charge is 2.17. The highest BCUT2D eigenvalue weighted by Crippen LogP contribution is 2.27. The first-order chi connectivity index (χ1) is 7.65. The molecule has 0 saturated heterocycles. The summed E-state index contributed by atoms with van der Waals surface area (Å²) >= 11 is 1.56. The van der Waals surface area contributed by atoms with Crippen molar-refractivity contribution in [1.29, 1.82) is 0 Å². The monoisotopic (exact) mass is 240 g/mol. The van der Waals surface area contributed by atoms with Gasteiger partial charge in [-0.25, -0.2) is 4.98 Å². The Balaban J connectivity index is 2.01. The Morgan fingerprint density at radius 1 is 1.56 bits per heavy atom. The Kier molecular flexibility index (Phi) is 3.43. The van der Waals surface area contributed by atoms with E-state index in [4.69, 9.17) is 5.11 Å². The molecule has 88 valence electrons. The number of hydrogen-bond donors (Lipinski definition) is 2. The maximum atomic E-state index is 10.6. The van der Waals surface area contributed by atoms with Crippen LogP contribution >= 0.6 is 11.3 Å². The zero-order valence-electron chi connectivity index (χ0n) is 9.32. The Morgan fingerprint density at radius 3 is 2.88 bits per heavy atom. The topological polar surface area (TPSA) is 62.2 Å². The summed E-state index contributed by atoms with van der Waals surface area (Å²) in [5.74, 6) is -0.819. The van der Waals surface area contributed by atoms with E-state index in [1.165, 1.54) is 25.7 Å². The lowest BCUT2D eigenvalue weighted by Crippen LogP contribution is -2.14. The molecule has 0 atom stereocenters. The van der Waals surface area contributed by atoms with Crippen molar-refractivity contribution in [3.05, 3.63) is 10.6 Å². The van der Waals surface area contributed by atoms with Crippen LogP contribution in [0.4, 0.5) is 5.13 Å². The minimum absolute atomic E-state index is 0.0225. The highest BCUT2D eigenvalue weighted by atomic mass is 32.1. The lowest BCUT2D eigenvalue weighted by Gasteiger charge is -2.09. The highest BCUT2D eigenvalue weighted by molar-refractivity contribution is 7.15. The number of nitrogens with zero attached hydrogens (tertiary/aromatic N) is 1. The van der Waals surface area contributed by atoms with Gasteiger partial charge in [-0.2, -0.15) is 0 Å². The minimum Gasteiger partial charge on any atom is -0.481 e. The van der Waals surface area contributed by atoms with Crippen LogP contribution in [0, 0.1) is 6.92 Å². The van der Waals surface area contributed by atoms with E-state index in [-0.39, 0.29) is 6.42 Å². The van der Waals surface area contributed by atoms with Gasteiger partial charge in [0.15, 0.2) is 5.13 Å². The fourth-order valence-electron chi connectivity index (χ4n) is 2.04. The second kappa shape index (κ2) is 4.82. The summed E-state index contributed by atoms with van der Waals surface area (Å²) in [6, 6.07) is 0.531. The van der Waals surface area contributed by atoms with Crippen LogP contribution in [0.2, 0.25) is 0 Å². The van der Waals surface area contributed by atoms with Gasteiger partial charge < -0.3 is 10.4 Å². The predicted octanol–water partition coefficient (Wildman–Crippen LogP) is 2.43.